The topological polar surface area (TPSA) is 76.1 Å². The van der Waals surface area contributed by atoms with E-state index < -0.39 is 0 Å². The molecule has 0 aliphatic rings. The summed E-state index contributed by atoms with van der Waals surface area (Å²) in [6.07, 6.45) is 0.838. The monoisotopic (exact) mass is 376 g/mol. The zero-order valence-electron chi connectivity index (χ0n) is 16.3. The van der Waals surface area contributed by atoms with Gasteiger partial charge >= 0.3 is 0 Å². The summed E-state index contributed by atoms with van der Waals surface area (Å²) >= 11 is 0. The van der Waals surface area contributed by atoms with Crippen LogP contribution in [0.15, 0.2) is 54.6 Å². The Balaban J connectivity index is 1.76. The number of nitrogens with one attached hydrogen (secondary N) is 2. The maximum absolute atomic E-state index is 12.7. The van der Waals surface area contributed by atoms with Gasteiger partial charge in [0.15, 0.2) is 0 Å². The van der Waals surface area contributed by atoms with E-state index in [1.807, 2.05) is 48.5 Å². The molecule has 0 fully saturated rings. The summed E-state index contributed by atoms with van der Waals surface area (Å²) < 4.78 is 5.37. The van der Waals surface area contributed by atoms with Crippen molar-refractivity contribution in [2.75, 3.05) is 17.7 Å². The summed E-state index contributed by atoms with van der Waals surface area (Å²) in [5.74, 6) is 1.66. The predicted molar refractivity (Wildman–Crippen MR) is 111 cm³/mol. The molecule has 0 saturated carbocycles. The third kappa shape index (κ3) is 4.65. The molecule has 1 heterocycles. The van der Waals surface area contributed by atoms with Gasteiger partial charge in [0, 0.05) is 23.9 Å². The van der Waals surface area contributed by atoms with E-state index in [0.29, 0.717) is 23.9 Å². The van der Waals surface area contributed by atoms with Crippen LogP contribution in [0.3, 0.4) is 0 Å². The molecule has 0 aliphatic carbocycles. The molecule has 6 nitrogen and oxygen atoms in total. The highest BCUT2D eigenvalue weighted by Crippen LogP contribution is 2.20. The first-order valence-corrected chi connectivity index (χ1v) is 9.21. The lowest BCUT2D eigenvalue weighted by atomic mass is 10.1. The van der Waals surface area contributed by atoms with E-state index in [1.54, 1.807) is 20.1 Å². The Bertz CT molecular complexity index is 972. The summed E-state index contributed by atoms with van der Waals surface area (Å²) in [4.78, 5) is 21.4. The fourth-order valence-corrected chi connectivity index (χ4v) is 2.95. The molecule has 3 aromatic rings. The molecule has 0 unspecified atom stereocenters. The highest BCUT2D eigenvalue weighted by molar-refractivity contribution is 6.03. The maximum atomic E-state index is 12.7. The number of aromatic nitrogens is 2. The number of anilines is 2. The lowest BCUT2D eigenvalue weighted by Crippen LogP contribution is -2.16. The predicted octanol–water partition coefficient (Wildman–Crippen LogP) is 4.22. The van der Waals surface area contributed by atoms with Crippen LogP contribution in [0, 0.1) is 6.92 Å². The second-order valence-corrected chi connectivity index (χ2v) is 6.32. The lowest BCUT2D eigenvalue weighted by Gasteiger charge is -2.12. The lowest BCUT2D eigenvalue weighted by molar-refractivity contribution is 0.102. The van der Waals surface area contributed by atoms with Gasteiger partial charge in [-0.25, -0.2) is 9.97 Å². The van der Waals surface area contributed by atoms with Gasteiger partial charge in [-0.3, -0.25) is 4.79 Å². The fourth-order valence-electron chi connectivity index (χ4n) is 2.95. The van der Waals surface area contributed by atoms with Gasteiger partial charge in [0.1, 0.15) is 23.1 Å². The molecule has 144 valence electrons. The first-order chi connectivity index (χ1) is 13.6. The number of carbonyl (C=O) groups excluding carboxylic acids is 1. The van der Waals surface area contributed by atoms with E-state index in [4.69, 9.17) is 4.74 Å². The van der Waals surface area contributed by atoms with Crippen molar-refractivity contribution in [1.82, 2.24) is 9.97 Å². The van der Waals surface area contributed by atoms with Crippen LogP contribution in [0.5, 0.6) is 5.75 Å². The molecule has 0 atom stereocenters. The number of aryl methyl sites for hydroxylation is 2. The Kier molecular flexibility index (Phi) is 6.22. The summed E-state index contributed by atoms with van der Waals surface area (Å²) in [7, 11) is 1.64. The number of benzene rings is 2. The number of ether oxygens (including phenoxy) is 1. The fraction of sp³-hybridized carbons (Fsp3) is 0.227. The molecule has 3 rings (SSSR count). The number of hydrogen-bond acceptors (Lipinski definition) is 5. The van der Waals surface area contributed by atoms with E-state index in [0.717, 1.165) is 29.0 Å². The van der Waals surface area contributed by atoms with Gasteiger partial charge in [-0.2, -0.15) is 0 Å². The second kappa shape index (κ2) is 8.99. The molecule has 0 saturated heterocycles. The van der Waals surface area contributed by atoms with Gasteiger partial charge in [0.2, 0.25) is 0 Å². The molecule has 0 bridgehead atoms. The minimum absolute atomic E-state index is 0.258. The molecule has 2 aromatic carbocycles. The van der Waals surface area contributed by atoms with Crippen LogP contribution in [0.4, 0.5) is 11.5 Å². The first-order valence-electron chi connectivity index (χ1n) is 9.21. The number of para-hydroxylation sites is 2. The van der Waals surface area contributed by atoms with Crippen molar-refractivity contribution in [3.63, 3.8) is 0 Å². The molecule has 2 N–H and O–H groups in total. The summed E-state index contributed by atoms with van der Waals surface area (Å²) in [5, 5.41) is 6.19. The normalized spacial score (nSPS) is 10.4. The molecule has 0 radical (unpaired) electrons. The largest absolute Gasteiger partial charge is 0.496 e. The van der Waals surface area contributed by atoms with Gasteiger partial charge in [0.25, 0.3) is 5.91 Å². The first kappa shape index (κ1) is 19.4. The Labute approximate surface area is 165 Å². The highest BCUT2D eigenvalue weighted by atomic mass is 16.5. The molecule has 1 amide bonds. The average molecular weight is 376 g/mol. The summed E-state index contributed by atoms with van der Waals surface area (Å²) in [6.45, 7) is 4.35. The van der Waals surface area contributed by atoms with E-state index in [-0.39, 0.29) is 5.91 Å². The Hall–Kier alpha value is -3.41. The zero-order valence-corrected chi connectivity index (χ0v) is 16.3. The van der Waals surface area contributed by atoms with Crippen LogP contribution < -0.4 is 15.4 Å². The van der Waals surface area contributed by atoms with Crippen molar-refractivity contribution < 1.29 is 9.53 Å². The number of rotatable bonds is 7. The number of carbonyl (C=O) groups is 1. The maximum Gasteiger partial charge on any atom is 0.274 e. The molecular formula is C22H24N4O2. The van der Waals surface area contributed by atoms with E-state index in [2.05, 4.69) is 27.5 Å². The van der Waals surface area contributed by atoms with Crippen LogP contribution in [0.2, 0.25) is 0 Å². The quantitative estimate of drug-likeness (QED) is 0.646. The average Bonchev–Trinajstić information content (AvgIpc) is 2.72. The highest BCUT2D eigenvalue weighted by Gasteiger charge is 2.13. The molecular weight excluding hydrogens is 352 g/mol. The summed E-state index contributed by atoms with van der Waals surface area (Å²) in [5.41, 5.74) is 3.20. The van der Waals surface area contributed by atoms with Crippen molar-refractivity contribution in [3.8, 4) is 5.75 Å². The molecule has 1 aromatic heterocycles. The second-order valence-electron chi connectivity index (χ2n) is 6.32. The van der Waals surface area contributed by atoms with Gasteiger partial charge in [-0.05, 0) is 31.0 Å². The van der Waals surface area contributed by atoms with E-state index >= 15 is 0 Å². The molecule has 28 heavy (non-hydrogen) atoms. The zero-order chi connectivity index (χ0) is 19.9. The van der Waals surface area contributed by atoms with Crippen LogP contribution in [0.1, 0.15) is 34.4 Å². The van der Waals surface area contributed by atoms with Crippen molar-refractivity contribution in [3.05, 3.63) is 77.2 Å². The SMILES string of the molecule is CCc1ccccc1NC(=O)c1cc(NCc2ccccc2OC)nc(C)n1. The Morgan fingerprint density at radius 3 is 2.50 bits per heavy atom. The van der Waals surface area contributed by atoms with Crippen LogP contribution in [-0.4, -0.2) is 23.0 Å². The number of hydrogen-bond donors (Lipinski definition) is 2. The third-order valence-electron chi connectivity index (χ3n) is 4.37. The number of amides is 1. The number of nitrogens with zero attached hydrogens (tertiary/aromatic N) is 2. The van der Waals surface area contributed by atoms with E-state index in [1.165, 1.54) is 0 Å². The molecule has 6 heteroatoms. The Morgan fingerprint density at radius 1 is 1.04 bits per heavy atom. The van der Waals surface area contributed by atoms with Crippen LogP contribution >= 0.6 is 0 Å². The Morgan fingerprint density at radius 2 is 1.75 bits per heavy atom. The van der Waals surface area contributed by atoms with Gasteiger partial charge in [-0.15, -0.1) is 0 Å². The third-order valence-corrected chi connectivity index (χ3v) is 4.37. The van der Waals surface area contributed by atoms with Gasteiger partial charge in [0.05, 0.1) is 7.11 Å². The van der Waals surface area contributed by atoms with Crippen LogP contribution in [0.25, 0.3) is 0 Å². The van der Waals surface area contributed by atoms with Crippen molar-refractivity contribution in [2.24, 2.45) is 0 Å². The molecule has 0 spiro atoms. The standard InChI is InChI=1S/C22H24N4O2/c1-4-16-9-5-7-11-18(16)26-22(27)19-13-21(25-15(2)24-19)23-14-17-10-6-8-12-20(17)28-3/h5-13H,4,14H2,1-3H3,(H,26,27)(H,23,24,25). The van der Waals surface area contributed by atoms with Gasteiger partial charge < -0.3 is 15.4 Å². The smallest absolute Gasteiger partial charge is 0.274 e. The number of methoxy groups -OCH3 is 1. The molecule has 0 aliphatic heterocycles. The van der Waals surface area contributed by atoms with Crippen molar-refractivity contribution >= 4 is 17.4 Å². The summed E-state index contributed by atoms with van der Waals surface area (Å²) in [6, 6.07) is 17.2. The van der Waals surface area contributed by atoms with Gasteiger partial charge in [-0.1, -0.05) is 43.3 Å². The van der Waals surface area contributed by atoms with Crippen LogP contribution in [-0.2, 0) is 13.0 Å². The minimum atomic E-state index is -0.258. The van der Waals surface area contributed by atoms with Crippen molar-refractivity contribution in [1.29, 1.82) is 0 Å². The van der Waals surface area contributed by atoms with E-state index in [9.17, 15) is 4.79 Å². The van der Waals surface area contributed by atoms with Crippen molar-refractivity contribution in [2.45, 2.75) is 26.8 Å². The minimum Gasteiger partial charge on any atom is -0.496 e.